The third kappa shape index (κ3) is 4.42. The zero-order valence-electron chi connectivity index (χ0n) is 14.2. The summed E-state index contributed by atoms with van der Waals surface area (Å²) in [4.78, 5) is 14.4. The molecule has 2 aromatic rings. The summed E-state index contributed by atoms with van der Waals surface area (Å²) in [6.45, 7) is 4.29. The average molecular weight is 314 g/mol. The van der Waals surface area contributed by atoms with Crippen LogP contribution < -0.4 is 5.32 Å². The molecule has 0 aliphatic carbocycles. The lowest BCUT2D eigenvalue weighted by atomic mass is 10.1. The van der Waals surface area contributed by atoms with Crippen LogP contribution in [-0.4, -0.2) is 47.8 Å². The molecule has 0 saturated heterocycles. The predicted octanol–water partition coefficient (Wildman–Crippen LogP) is 2.18. The first kappa shape index (κ1) is 17.2. The Labute approximate surface area is 138 Å². The van der Waals surface area contributed by atoms with E-state index in [9.17, 15) is 4.79 Å². The molecule has 0 aliphatic heterocycles. The smallest absolute Gasteiger partial charge is 0.257 e. The van der Waals surface area contributed by atoms with E-state index in [0.29, 0.717) is 13.1 Å². The third-order valence-corrected chi connectivity index (χ3v) is 3.88. The van der Waals surface area contributed by atoms with Gasteiger partial charge in [-0.25, -0.2) is 0 Å². The lowest BCUT2D eigenvalue weighted by Crippen LogP contribution is -2.33. The molecule has 0 fully saturated rings. The molecule has 1 amide bonds. The monoisotopic (exact) mass is 314 g/mol. The van der Waals surface area contributed by atoms with Crippen molar-refractivity contribution in [3.05, 3.63) is 53.3 Å². The molecular weight excluding hydrogens is 288 g/mol. The van der Waals surface area contributed by atoms with Gasteiger partial charge >= 0.3 is 0 Å². The Morgan fingerprint density at radius 2 is 2.04 bits per heavy atom. The first-order chi connectivity index (χ1) is 11.2. The van der Waals surface area contributed by atoms with Gasteiger partial charge in [0.15, 0.2) is 0 Å². The average Bonchev–Trinajstić information content (AvgIpc) is 2.96. The second-order valence-corrected chi connectivity index (χ2v) is 5.73. The fraction of sp³-hybridized carbons (Fsp3) is 0.444. The number of likely N-dealkylation sites (N-methyl/N-ethyl adjacent to an activating group) is 2. The minimum absolute atomic E-state index is 0.0445. The minimum atomic E-state index is 0.0445. The molecule has 1 N–H and O–H groups in total. The van der Waals surface area contributed by atoms with Crippen LogP contribution in [-0.2, 0) is 13.0 Å². The van der Waals surface area contributed by atoms with E-state index in [2.05, 4.69) is 29.5 Å². The van der Waals surface area contributed by atoms with Gasteiger partial charge in [-0.15, -0.1) is 0 Å². The van der Waals surface area contributed by atoms with Gasteiger partial charge in [-0.05, 0) is 19.0 Å². The Morgan fingerprint density at radius 1 is 1.30 bits per heavy atom. The standard InChI is InChI=1S/C18H26N4O/c1-4-8-17-16(18(23)21(3)12-11-19-2)13-20-22(17)14-15-9-6-5-7-10-15/h5-7,9-10,13,19H,4,8,11-12,14H2,1-3H3. The summed E-state index contributed by atoms with van der Waals surface area (Å²) < 4.78 is 1.96. The van der Waals surface area contributed by atoms with Crippen molar-refractivity contribution in [2.75, 3.05) is 27.2 Å². The van der Waals surface area contributed by atoms with Gasteiger partial charge in [0.05, 0.1) is 24.0 Å². The quantitative estimate of drug-likeness (QED) is 0.812. The number of benzene rings is 1. The highest BCUT2D eigenvalue weighted by atomic mass is 16.2. The van der Waals surface area contributed by atoms with Crippen molar-refractivity contribution in [2.45, 2.75) is 26.3 Å². The number of hydrogen-bond donors (Lipinski definition) is 1. The Kier molecular flexibility index (Phi) is 6.35. The molecule has 0 atom stereocenters. The molecule has 0 aliphatic rings. The van der Waals surface area contributed by atoms with Crippen LogP contribution in [0.15, 0.2) is 36.5 Å². The lowest BCUT2D eigenvalue weighted by Gasteiger charge is -2.17. The highest BCUT2D eigenvalue weighted by molar-refractivity contribution is 5.95. The summed E-state index contributed by atoms with van der Waals surface area (Å²) in [5, 5.41) is 7.54. The number of nitrogens with zero attached hydrogens (tertiary/aromatic N) is 3. The molecular formula is C18H26N4O. The van der Waals surface area contributed by atoms with Gasteiger partial charge in [-0.1, -0.05) is 43.7 Å². The zero-order chi connectivity index (χ0) is 16.7. The van der Waals surface area contributed by atoms with Gasteiger partial charge in [0, 0.05) is 20.1 Å². The minimum Gasteiger partial charge on any atom is -0.340 e. The van der Waals surface area contributed by atoms with E-state index >= 15 is 0 Å². The maximum Gasteiger partial charge on any atom is 0.257 e. The van der Waals surface area contributed by atoms with E-state index in [0.717, 1.165) is 30.6 Å². The third-order valence-electron chi connectivity index (χ3n) is 3.88. The number of carbonyl (C=O) groups excluding carboxylic acids is 1. The Hall–Kier alpha value is -2.14. The van der Waals surface area contributed by atoms with Gasteiger partial charge in [-0.3, -0.25) is 9.48 Å². The highest BCUT2D eigenvalue weighted by Gasteiger charge is 2.19. The number of carbonyl (C=O) groups is 1. The van der Waals surface area contributed by atoms with Crippen molar-refractivity contribution in [2.24, 2.45) is 0 Å². The SMILES string of the molecule is CCCc1c(C(=O)N(C)CCNC)cnn1Cc1ccccc1. The van der Waals surface area contributed by atoms with Crippen LogP contribution in [0.3, 0.4) is 0 Å². The van der Waals surface area contributed by atoms with Crippen molar-refractivity contribution < 1.29 is 4.79 Å². The number of rotatable bonds is 8. The van der Waals surface area contributed by atoms with Gasteiger partial charge in [0.25, 0.3) is 5.91 Å². The van der Waals surface area contributed by atoms with Gasteiger partial charge in [-0.2, -0.15) is 5.10 Å². The molecule has 0 bridgehead atoms. The van der Waals surface area contributed by atoms with Crippen LogP contribution in [0, 0.1) is 0 Å². The second-order valence-electron chi connectivity index (χ2n) is 5.73. The summed E-state index contributed by atoms with van der Waals surface area (Å²) in [6, 6.07) is 10.2. The van der Waals surface area contributed by atoms with Crippen LogP contribution in [0.5, 0.6) is 0 Å². The van der Waals surface area contributed by atoms with Crippen LogP contribution in [0.2, 0.25) is 0 Å². The van der Waals surface area contributed by atoms with Crippen LogP contribution in [0.1, 0.15) is 35.0 Å². The molecule has 1 aromatic heterocycles. The molecule has 1 aromatic carbocycles. The van der Waals surface area contributed by atoms with Gasteiger partial charge < -0.3 is 10.2 Å². The van der Waals surface area contributed by atoms with Gasteiger partial charge in [0.1, 0.15) is 0 Å². The first-order valence-corrected chi connectivity index (χ1v) is 8.16. The topological polar surface area (TPSA) is 50.2 Å². The van der Waals surface area contributed by atoms with Crippen LogP contribution in [0.4, 0.5) is 0 Å². The molecule has 23 heavy (non-hydrogen) atoms. The van der Waals surface area contributed by atoms with Crippen molar-refractivity contribution >= 4 is 5.91 Å². The molecule has 0 radical (unpaired) electrons. The van der Waals surface area contributed by atoms with E-state index in [-0.39, 0.29) is 5.91 Å². The first-order valence-electron chi connectivity index (χ1n) is 8.16. The van der Waals surface area contributed by atoms with E-state index < -0.39 is 0 Å². The maximum absolute atomic E-state index is 12.7. The summed E-state index contributed by atoms with van der Waals surface area (Å²) in [6.07, 6.45) is 3.56. The summed E-state index contributed by atoms with van der Waals surface area (Å²) in [7, 11) is 3.72. The highest BCUT2D eigenvalue weighted by Crippen LogP contribution is 2.15. The second kappa shape index (κ2) is 8.48. The maximum atomic E-state index is 12.7. The van der Waals surface area contributed by atoms with Crippen molar-refractivity contribution in [1.82, 2.24) is 20.0 Å². The molecule has 0 spiro atoms. The molecule has 1 heterocycles. The van der Waals surface area contributed by atoms with Gasteiger partial charge in [0.2, 0.25) is 0 Å². The Morgan fingerprint density at radius 3 is 2.70 bits per heavy atom. The number of nitrogens with one attached hydrogen (secondary N) is 1. The molecule has 5 nitrogen and oxygen atoms in total. The largest absolute Gasteiger partial charge is 0.340 e. The fourth-order valence-corrected chi connectivity index (χ4v) is 2.57. The summed E-state index contributed by atoms with van der Waals surface area (Å²) in [5.74, 6) is 0.0445. The molecule has 5 heteroatoms. The summed E-state index contributed by atoms with van der Waals surface area (Å²) >= 11 is 0. The van der Waals surface area contributed by atoms with E-state index in [1.54, 1.807) is 11.1 Å². The van der Waals surface area contributed by atoms with Crippen molar-refractivity contribution in [3.63, 3.8) is 0 Å². The van der Waals surface area contributed by atoms with Crippen molar-refractivity contribution in [1.29, 1.82) is 0 Å². The number of hydrogen-bond acceptors (Lipinski definition) is 3. The van der Waals surface area contributed by atoms with E-state index in [4.69, 9.17) is 0 Å². The Balaban J connectivity index is 2.22. The molecule has 124 valence electrons. The van der Waals surface area contributed by atoms with E-state index in [1.165, 1.54) is 5.56 Å². The Bertz CT molecular complexity index is 621. The lowest BCUT2D eigenvalue weighted by molar-refractivity contribution is 0.0795. The van der Waals surface area contributed by atoms with Crippen molar-refractivity contribution in [3.8, 4) is 0 Å². The zero-order valence-corrected chi connectivity index (χ0v) is 14.2. The molecule has 0 unspecified atom stereocenters. The fourth-order valence-electron chi connectivity index (χ4n) is 2.57. The molecule has 2 rings (SSSR count). The van der Waals surface area contributed by atoms with E-state index in [1.807, 2.05) is 37.0 Å². The van der Waals surface area contributed by atoms with Crippen LogP contribution in [0.25, 0.3) is 0 Å². The molecule has 0 saturated carbocycles. The van der Waals surface area contributed by atoms with Crippen LogP contribution >= 0.6 is 0 Å². The number of amides is 1. The summed E-state index contributed by atoms with van der Waals surface area (Å²) in [5.41, 5.74) is 2.94. The number of aromatic nitrogens is 2. The normalized spacial score (nSPS) is 10.7. The predicted molar refractivity (Wildman–Crippen MR) is 92.7 cm³/mol.